The lowest BCUT2D eigenvalue weighted by molar-refractivity contribution is 0.379. The zero-order chi connectivity index (χ0) is 14.8. The van der Waals surface area contributed by atoms with E-state index in [1.54, 1.807) is 33.8 Å². The summed E-state index contributed by atoms with van der Waals surface area (Å²) in [7, 11) is -0.665. The van der Waals surface area contributed by atoms with Crippen molar-refractivity contribution in [1.82, 2.24) is 4.72 Å². The Morgan fingerprint density at radius 3 is 2.11 bits per heavy atom. The molecule has 0 aromatic heterocycles. The van der Waals surface area contributed by atoms with Crippen molar-refractivity contribution < 1.29 is 17.9 Å². The smallest absolute Gasteiger partial charge is 0.244 e. The highest BCUT2D eigenvalue weighted by Crippen LogP contribution is 2.34. The number of ether oxygens (including phenoxy) is 2. The fourth-order valence-corrected chi connectivity index (χ4v) is 3.44. The minimum atomic E-state index is -3.64. The van der Waals surface area contributed by atoms with Gasteiger partial charge in [0, 0.05) is 11.1 Å². The molecule has 0 amide bonds. The summed E-state index contributed by atoms with van der Waals surface area (Å²) in [4.78, 5) is 0.114. The van der Waals surface area contributed by atoms with Crippen LogP contribution in [0.4, 0.5) is 0 Å². The normalized spacial score (nSPS) is 12.3. The second kappa shape index (κ2) is 5.38. The maximum absolute atomic E-state index is 12.3. The third-order valence-corrected chi connectivity index (χ3v) is 4.26. The standard InChI is InChI=1S/C13H21NO4S/c1-9-10(17-5)7-8-11(12(9)18-6)19(15,16)14-13(2,3)4/h7-8,14H,1-6H3. The number of methoxy groups -OCH3 is 2. The fraction of sp³-hybridized carbons (Fsp3) is 0.538. The van der Waals surface area contributed by atoms with Gasteiger partial charge in [0.1, 0.15) is 16.4 Å². The maximum Gasteiger partial charge on any atom is 0.244 e. The molecule has 0 aliphatic rings. The zero-order valence-corrected chi connectivity index (χ0v) is 13.0. The molecule has 1 aromatic carbocycles. The molecule has 1 N–H and O–H groups in total. The summed E-state index contributed by atoms with van der Waals surface area (Å²) < 4.78 is 37.7. The molecule has 0 radical (unpaired) electrons. The molecule has 0 saturated heterocycles. The Morgan fingerprint density at radius 1 is 1.11 bits per heavy atom. The Kier molecular flexibility index (Phi) is 4.47. The van der Waals surface area contributed by atoms with Crippen LogP contribution in [0.3, 0.4) is 0 Å². The first kappa shape index (κ1) is 15.8. The highest BCUT2D eigenvalue weighted by molar-refractivity contribution is 7.89. The minimum Gasteiger partial charge on any atom is -0.496 e. The van der Waals surface area contributed by atoms with Gasteiger partial charge in [0.25, 0.3) is 0 Å². The quantitative estimate of drug-likeness (QED) is 0.921. The molecular weight excluding hydrogens is 266 g/mol. The van der Waals surface area contributed by atoms with Gasteiger partial charge in [-0.2, -0.15) is 0 Å². The van der Waals surface area contributed by atoms with Gasteiger partial charge in [-0.25, -0.2) is 13.1 Å². The van der Waals surface area contributed by atoms with Crippen molar-refractivity contribution >= 4 is 10.0 Å². The van der Waals surface area contributed by atoms with Crippen LogP contribution in [-0.4, -0.2) is 28.2 Å². The van der Waals surface area contributed by atoms with E-state index < -0.39 is 15.6 Å². The van der Waals surface area contributed by atoms with Crippen molar-refractivity contribution in [2.45, 2.75) is 38.1 Å². The monoisotopic (exact) mass is 287 g/mol. The van der Waals surface area contributed by atoms with E-state index in [9.17, 15) is 8.42 Å². The van der Waals surface area contributed by atoms with Gasteiger partial charge in [-0.3, -0.25) is 0 Å². The summed E-state index contributed by atoms with van der Waals surface area (Å²) in [5.41, 5.74) is 0.0966. The van der Waals surface area contributed by atoms with Crippen LogP contribution in [0.15, 0.2) is 17.0 Å². The van der Waals surface area contributed by atoms with Gasteiger partial charge < -0.3 is 9.47 Å². The highest BCUT2D eigenvalue weighted by atomic mass is 32.2. The molecule has 0 saturated carbocycles. The van der Waals surface area contributed by atoms with E-state index in [4.69, 9.17) is 9.47 Å². The Labute approximate surface area is 115 Å². The molecule has 1 rings (SSSR count). The van der Waals surface area contributed by atoms with E-state index in [-0.39, 0.29) is 4.90 Å². The first-order valence-corrected chi connectivity index (χ1v) is 7.36. The zero-order valence-electron chi connectivity index (χ0n) is 12.2. The molecule has 108 valence electrons. The van der Waals surface area contributed by atoms with Gasteiger partial charge in [0.05, 0.1) is 14.2 Å². The Balaban J connectivity index is 3.40. The number of sulfonamides is 1. The van der Waals surface area contributed by atoms with Gasteiger partial charge in [0.2, 0.25) is 10.0 Å². The maximum atomic E-state index is 12.3. The molecule has 5 nitrogen and oxygen atoms in total. The lowest BCUT2D eigenvalue weighted by Gasteiger charge is -2.22. The first-order chi connectivity index (χ1) is 8.62. The van der Waals surface area contributed by atoms with Crippen molar-refractivity contribution in [3.05, 3.63) is 17.7 Å². The summed E-state index contributed by atoms with van der Waals surface area (Å²) in [6, 6.07) is 3.10. The van der Waals surface area contributed by atoms with Crippen LogP contribution >= 0.6 is 0 Å². The molecule has 1 aromatic rings. The van der Waals surface area contributed by atoms with Crippen LogP contribution in [-0.2, 0) is 10.0 Å². The Morgan fingerprint density at radius 2 is 1.68 bits per heavy atom. The summed E-state index contributed by atoms with van der Waals surface area (Å²) in [5.74, 6) is 0.891. The second-order valence-corrected chi connectivity index (χ2v) is 6.93. The van der Waals surface area contributed by atoms with Crippen molar-refractivity contribution in [1.29, 1.82) is 0 Å². The molecule has 0 spiro atoms. The van der Waals surface area contributed by atoms with E-state index in [1.165, 1.54) is 20.3 Å². The van der Waals surface area contributed by atoms with E-state index in [0.717, 1.165) is 0 Å². The Bertz CT molecular complexity index is 559. The minimum absolute atomic E-state index is 0.114. The first-order valence-electron chi connectivity index (χ1n) is 5.88. The van der Waals surface area contributed by atoms with Gasteiger partial charge in [-0.05, 0) is 39.8 Å². The van der Waals surface area contributed by atoms with E-state index in [1.807, 2.05) is 0 Å². The number of benzene rings is 1. The molecule has 0 bridgehead atoms. The predicted octanol–water partition coefficient (Wildman–Crippen LogP) is 2.09. The van der Waals surface area contributed by atoms with Crippen LogP contribution in [0.1, 0.15) is 26.3 Å². The molecular formula is C13H21NO4S. The van der Waals surface area contributed by atoms with Crippen LogP contribution in [0, 0.1) is 6.92 Å². The van der Waals surface area contributed by atoms with Gasteiger partial charge in [-0.15, -0.1) is 0 Å². The number of rotatable bonds is 4. The number of nitrogens with one attached hydrogen (secondary N) is 1. The molecule has 19 heavy (non-hydrogen) atoms. The van der Waals surface area contributed by atoms with Crippen molar-refractivity contribution in [3.63, 3.8) is 0 Å². The van der Waals surface area contributed by atoms with Gasteiger partial charge in [-0.1, -0.05) is 0 Å². The molecule has 0 atom stereocenters. The average molecular weight is 287 g/mol. The largest absolute Gasteiger partial charge is 0.496 e. The molecule has 0 heterocycles. The van der Waals surface area contributed by atoms with E-state index >= 15 is 0 Å². The van der Waals surface area contributed by atoms with Crippen LogP contribution in [0.2, 0.25) is 0 Å². The molecule has 0 aliphatic carbocycles. The number of hydrogen-bond acceptors (Lipinski definition) is 4. The SMILES string of the molecule is COc1ccc(S(=O)(=O)NC(C)(C)C)c(OC)c1C. The summed E-state index contributed by atoms with van der Waals surface area (Å²) in [6.45, 7) is 7.11. The molecule has 0 unspecified atom stereocenters. The van der Waals surface area contributed by atoms with Gasteiger partial charge in [0.15, 0.2) is 0 Å². The van der Waals surface area contributed by atoms with Crippen molar-refractivity contribution in [3.8, 4) is 11.5 Å². The van der Waals surface area contributed by atoms with E-state index in [0.29, 0.717) is 17.1 Å². The summed E-state index contributed by atoms with van der Waals surface area (Å²) in [5, 5.41) is 0. The third kappa shape index (κ3) is 3.61. The lowest BCUT2D eigenvalue weighted by Crippen LogP contribution is -2.40. The average Bonchev–Trinajstić information content (AvgIpc) is 2.25. The van der Waals surface area contributed by atoms with Crippen molar-refractivity contribution in [2.75, 3.05) is 14.2 Å². The van der Waals surface area contributed by atoms with Gasteiger partial charge >= 0.3 is 0 Å². The summed E-state index contributed by atoms with van der Waals surface area (Å²) in [6.07, 6.45) is 0. The van der Waals surface area contributed by atoms with E-state index in [2.05, 4.69) is 4.72 Å². The predicted molar refractivity (Wildman–Crippen MR) is 74.4 cm³/mol. The highest BCUT2D eigenvalue weighted by Gasteiger charge is 2.26. The summed E-state index contributed by atoms with van der Waals surface area (Å²) >= 11 is 0. The van der Waals surface area contributed by atoms with Crippen molar-refractivity contribution in [2.24, 2.45) is 0 Å². The molecule has 0 aliphatic heterocycles. The van der Waals surface area contributed by atoms with Crippen LogP contribution < -0.4 is 14.2 Å². The van der Waals surface area contributed by atoms with Crippen LogP contribution in [0.5, 0.6) is 11.5 Å². The topological polar surface area (TPSA) is 64.6 Å². The Hall–Kier alpha value is -1.27. The lowest BCUT2D eigenvalue weighted by atomic mass is 10.1. The molecule has 6 heteroatoms. The van der Waals surface area contributed by atoms with Crippen LogP contribution in [0.25, 0.3) is 0 Å². The fourth-order valence-electron chi connectivity index (χ4n) is 1.79. The molecule has 0 fully saturated rings. The third-order valence-electron chi connectivity index (χ3n) is 2.47. The second-order valence-electron chi connectivity index (χ2n) is 5.28. The number of hydrogen-bond donors (Lipinski definition) is 1.